The van der Waals surface area contributed by atoms with Gasteiger partial charge in [0.1, 0.15) is 11.8 Å². The lowest BCUT2D eigenvalue weighted by Crippen LogP contribution is -2.45. The minimum atomic E-state index is -1.24. The zero-order valence-corrected chi connectivity index (χ0v) is 18.6. The van der Waals surface area contributed by atoms with Crippen LogP contribution in [0.4, 0.5) is 0 Å². The van der Waals surface area contributed by atoms with E-state index in [1.807, 2.05) is 13.8 Å². The molecule has 31 heavy (non-hydrogen) atoms. The summed E-state index contributed by atoms with van der Waals surface area (Å²) < 4.78 is 5.14. The summed E-state index contributed by atoms with van der Waals surface area (Å²) in [5.74, 6) is -1.91. The van der Waals surface area contributed by atoms with Crippen LogP contribution in [0, 0.1) is 0 Å². The maximum atomic E-state index is 11.8. The maximum Gasteiger partial charge on any atom is 0.327 e. The van der Waals surface area contributed by atoms with E-state index in [1.165, 1.54) is 0 Å². The van der Waals surface area contributed by atoms with Crippen LogP contribution < -0.4 is 10.2 Å². The summed E-state index contributed by atoms with van der Waals surface area (Å²) in [6.07, 6.45) is 0.297. The minimum absolute atomic E-state index is 0.0113. The third kappa shape index (κ3) is 7.39. The van der Waals surface area contributed by atoms with Gasteiger partial charge >= 0.3 is 5.97 Å². The van der Waals surface area contributed by atoms with Gasteiger partial charge < -0.3 is 9.84 Å². The molecule has 1 unspecified atom stereocenters. The molecule has 0 saturated carbocycles. The van der Waals surface area contributed by atoms with Crippen LogP contribution in [0.25, 0.3) is 0 Å². The Morgan fingerprint density at radius 2 is 1.81 bits per heavy atom. The van der Waals surface area contributed by atoms with Crippen molar-refractivity contribution >= 4 is 42.0 Å². The number of carboxylic acids is 1. The fourth-order valence-electron chi connectivity index (χ4n) is 3.03. The third-order valence-electron chi connectivity index (χ3n) is 4.56. The van der Waals surface area contributed by atoms with Gasteiger partial charge in [0.05, 0.1) is 12.3 Å². The van der Waals surface area contributed by atoms with Gasteiger partial charge in [0, 0.05) is 30.4 Å². The molecule has 2 rings (SSSR count). The van der Waals surface area contributed by atoms with Crippen LogP contribution in [0.5, 0.6) is 5.75 Å². The lowest BCUT2D eigenvalue weighted by atomic mass is 10.1. The Labute approximate surface area is 186 Å². The Morgan fingerprint density at radius 1 is 1.23 bits per heavy atom. The van der Waals surface area contributed by atoms with Crippen LogP contribution in [0.15, 0.2) is 29.4 Å². The molecular formula is C21H27N3O6S. The zero-order valence-electron chi connectivity index (χ0n) is 17.8. The molecule has 168 valence electrons. The number of nitrogens with one attached hydrogen (secondary N) is 1. The number of hydrogen-bond acceptors (Lipinski definition) is 7. The number of aliphatic carboxylic acids is 1. The van der Waals surface area contributed by atoms with E-state index >= 15 is 0 Å². The van der Waals surface area contributed by atoms with Gasteiger partial charge in [0.25, 0.3) is 0 Å². The summed E-state index contributed by atoms with van der Waals surface area (Å²) >= 11 is 4.31. The Kier molecular flexibility index (Phi) is 8.21. The van der Waals surface area contributed by atoms with E-state index in [1.54, 1.807) is 31.2 Å². The van der Waals surface area contributed by atoms with E-state index in [2.05, 4.69) is 23.2 Å². The van der Waals surface area contributed by atoms with Crippen molar-refractivity contribution in [3.05, 3.63) is 29.8 Å². The highest BCUT2D eigenvalue weighted by Crippen LogP contribution is 2.19. The van der Waals surface area contributed by atoms with Gasteiger partial charge in [-0.1, -0.05) is 13.8 Å². The summed E-state index contributed by atoms with van der Waals surface area (Å²) in [5.41, 5.74) is 3.87. The number of carbonyl (C=O) groups is 4. The molecule has 1 aromatic rings. The van der Waals surface area contributed by atoms with Gasteiger partial charge in [-0.2, -0.15) is 17.7 Å². The van der Waals surface area contributed by atoms with Crippen LogP contribution >= 0.6 is 12.6 Å². The summed E-state index contributed by atoms with van der Waals surface area (Å²) in [5, 5.41) is 13.4. The molecule has 1 atom stereocenters. The molecule has 3 amide bonds. The number of carbonyl (C=O) groups excluding carboxylic acids is 3. The topological polar surface area (TPSA) is 125 Å². The fraction of sp³-hybridized carbons (Fsp3) is 0.476. The van der Waals surface area contributed by atoms with Crippen LogP contribution in [0.3, 0.4) is 0 Å². The highest BCUT2D eigenvalue weighted by Gasteiger charge is 2.38. The van der Waals surface area contributed by atoms with E-state index in [-0.39, 0.29) is 38.2 Å². The predicted octanol–water partition coefficient (Wildman–Crippen LogP) is 2.00. The second kappa shape index (κ2) is 10.4. The number of imide groups is 1. The van der Waals surface area contributed by atoms with Crippen molar-refractivity contribution in [3.63, 3.8) is 0 Å². The number of nitrogens with zero attached hydrogens (tertiary/aromatic N) is 2. The number of likely N-dealkylation sites (tertiary alicyclic amines) is 1. The average molecular weight is 450 g/mol. The molecule has 0 spiro atoms. The standard InChI is InChI=1S/C21H27N3O6S/c1-13(22-23-17(25)12-21(2,3)31)14-4-6-15(7-5-14)30-11-10-16(20(28)29)24-18(26)8-9-19(24)27/h4-7,16,31H,8-12H2,1-3H3,(H,23,25)(H,28,29)/b22-13+. The molecule has 1 saturated heterocycles. The van der Waals surface area contributed by atoms with Crippen molar-refractivity contribution in [3.8, 4) is 5.75 Å². The molecule has 1 heterocycles. The lowest BCUT2D eigenvalue weighted by molar-refractivity contribution is -0.154. The van der Waals surface area contributed by atoms with Crippen molar-refractivity contribution in [2.75, 3.05) is 6.61 Å². The van der Waals surface area contributed by atoms with E-state index in [0.29, 0.717) is 11.5 Å². The smallest absolute Gasteiger partial charge is 0.327 e. The molecule has 0 bridgehead atoms. The number of thiol groups is 1. The minimum Gasteiger partial charge on any atom is -0.494 e. The normalized spacial score (nSPS) is 15.7. The monoisotopic (exact) mass is 449 g/mol. The largest absolute Gasteiger partial charge is 0.494 e. The second-order valence-electron chi connectivity index (χ2n) is 7.89. The van der Waals surface area contributed by atoms with Gasteiger partial charge in [-0.15, -0.1) is 0 Å². The first-order valence-corrected chi connectivity index (χ1v) is 10.3. The van der Waals surface area contributed by atoms with Crippen LogP contribution in [0.2, 0.25) is 0 Å². The van der Waals surface area contributed by atoms with Crippen molar-refractivity contribution in [1.82, 2.24) is 10.3 Å². The van der Waals surface area contributed by atoms with Crippen LogP contribution in [-0.2, 0) is 19.2 Å². The Bertz CT molecular complexity index is 860. The quantitative estimate of drug-likeness (QED) is 0.217. The third-order valence-corrected chi connectivity index (χ3v) is 4.72. The molecule has 9 nitrogen and oxygen atoms in total. The van der Waals surface area contributed by atoms with Gasteiger partial charge in [-0.05, 0) is 36.8 Å². The number of hydrazone groups is 1. The molecule has 2 N–H and O–H groups in total. The van der Waals surface area contributed by atoms with E-state index in [9.17, 15) is 24.3 Å². The molecular weight excluding hydrogens is 422 g/mol. The number of hydrogen-bond donors (Lipinski definition) is 3. The summed E-state index contributed by atoms with van der Waals surface area (Å²) in [6, 6.07) is 5.65. The van der Waals surface area contributed by atoms with Crippen molar-refractivity contribution < 1.29 is 29.0 Å². The van der Waals surface area contributed by atoms with Crippen molar-refractivity contribution in [1.29, 1.82) is 0 Å². The predicted molar refractivity (Wildman–Crippen MR) is 117 cm³/mol. The number of amides is 3. The summed E-state index contributed by atoms with van der Waals surface area (Å²) in [4.78, 5) is 47.7. The second-order valence-corrected chi connectivity index (χ2v) is 9.11. The van der Waals surface area contributed by atoms with Crippen molar-refractivity contribution in [2.45, 2.75) is 57.2 Å². The molecule has 1 aromatic carbocycles. The SMILES string of the molecule is C/C(=N\NC(=O)CC(C)(C)S)c1ccc(OCCC(C(=O)O)N2C(=O)CCC2=O)cc1. The van der Waals surface area contributed by atoms with Gasteiger partial charge in [0.15, 0.2) is 0 Å². The van der Waals surface area contributed by atoms with Crippen LogP contribution in [0.1, 0.15) is 52.0 Å². The molecule has 1 fully saturated rings. The Balaban J connectivity index is 1.89. The van der Waals surface area contributed by atoms with Gasteiger partial charge in [0.2, 0.25) is 17.7 Å². The van der Waals surface area contributed by atoms with Crippen molar-refractivity contribution in [2.24, 2.45) is 5.10 Å². The average Bonchev–Trinajstić information content (AvgIpc) is 3.00. The number of benzene rings is 1. The van der Waals surface area contributed by atoms with E-state index in [4.69, 9.17) is 4.74 Å². The molecule has 0 radical (unpaired) electrons. The van der Waals surface area contributed by atoms with E-state index in [0.717, 1.165) is 10.5 Å². The first-order chi connectivity index (χ1) is 14.5. The zero-order chi connectivity index (χ0) is 23.2. The lowest BCUT2D eigenvalue weighted by Gasteiger charge is -2.22. The molecule has 10 heteroatoms. The highest BCUT2D eigenvalue weighted by atomic mass is 32.1. The van der Waals surface area contributed by atoms with Gasteiger partial charge in [-0.3, -0.25) is 19.3 Å². The summed E-state index contributed by atoms with van der Waals surface area (Å²) in [6.45, 7) is 5.45. The fourth-order valence-corrected chi connectivity index (χ4v) is 3.17. The van der Waals surface area contributed by atoms with Crippen LogP contribution in [-0.4, -0.2) is 56.8 Å². The molecule has 1 aliphatic rings. The molecule has 1 aliphatic heterocycles. The van der Waals surface area contributed by atoms with E-state index < -0.39 is 28.6 Å². The Hall–Kier alpha value is -2.88. The molecule has 0 aliphatic carbocycles. The first-order valence-electron chi connectivity index (χ1n) is 9.84. The number of carboxylic acid groups (broad SMARTS) is 1. The highest BCUT2D eigenvalue weighted by molar-refractivity contribution is 7.81. The first kappa shape index (κ1) is 24.4. The molecule has 0 aromatic heterocycles. The Morgan fingerprint density at radius 3 is 2.32 bits per heavy atom. The maximum absolute atomic E-state index is 11.8. The number of rotatable bonds is 10. The number of ether oxygens (including phenoxy) is 1. The summed E-state index contributed by atoms with van der Waals surface area (Å²) in [7, 11) is 0. The van der Waals surface area contributed by atoms with Gasteiger partial charge in [-0.25, -0.2) is 10.2 Å².